The van der Waals surface area contributed by atoms with Crippen LogP contribution < -0.4 is 5.32 Å². The molecule has 2 fully saturated rings. The minimum atomic E-state index is -0.0904. The molecular weight excluding hydrogens is 518 g/mol. The number of allylic oxidation sites excluding steroid dienone is 1. The Morgan fingerprint density at radius 1 is 1.26 bits per heavy atom. The lowest BCUT2D eigenvalue weighted by atomic mass is 10.1. The number of thiol groups is 2. The standard InChI is InChI=1S/C27H31N7O2S2/c1-3-22(36-38)24(28-4-2)18-7-8-20-21(15-18)31-27(30-20)32-23-16-19(9-10-29-23)26(37)34-13-11-33(12-14-34)25(35)17-5-6-17/h3-4,7-10,15-17,26,37-38H,1,5-6,11-14H2,2H3,(H2,29,30,31,32)/b24-22+,28-4?. The highest BCUT2D eigenvalue weighted by atomic mass is 32.1. The van der Waals surface area contributed by atoms with E-state index in [4.69, 9.17) is 16.8 Å². The number of carbonyl (C=O) groups is 1. The Morgan fingerprint density at radius 2 is 2.05 bits per heavy atom. The summed E-state index contributed by atoms with van der Waals surface area (Å²) < 4.78 is 5.14. The van der Waals surface area contributed by atoms with Crippen molar-refractivity contribution in [3.8, 4) is 0 Å². The van der Waals surface area contributed by atoms with E-state index in [2.05, 4.69) is 49.6 Å². The molecule has 3 aromatic rings. The van der Waals surface area contributed by atoms with Crippen LogP contribution in [0.3, 0.4) is 0 Å². The molecule has 1 unspecified atom stereocenters. The zero-order valence-electron chi connectivity index (χ0n) is 21.2. The molecule has 1 aliphatic carbocycles. The van der Waals surface area contributed by atoms with Gasteiger partial charge in [-0.05, 0) is 55.7 Å². The highest BCUT2D eigenvalue weighted by Gasteiger charge is 2.35. The van der Waals surface area contributed by atoms with Crippen molar-refractivity contribution < 1.29 is 8.98 Å². The van der Waals surface area contributed by atoms with Crippen LogP contribution in [0.2, 0.25) is 0 Å². The van der Waals surface area contributed by atoms with Crippen molar-refractivity contribution in [3.63, 3.8) is 0 Å². The van der Waals surface area contributed by atoms with Gasteiger partial charge in [0.25, 0.3) is 0 Å². The molecule has 1 aromatic carbocycles. The smallest absolute Gasteiger partial charge is 0.225 e. The third-order valence-corrected chi connectivity index (χ3v) is 7.58. The molecule has 0 radical (unpaired) electrons. The van der Waals surface area contributed by atoms with Gasteiger partial charge in [0.05, 0.1) is 16.4 Å². The minimum Gasteiger partial charge on any atom is -0.427 e. The van der Waals surface area contributed by atoms with Crippen molar-refractivity contribution in [1.82, 2.24) is 24.8 Å². The van der Waals surface area contributed by atoms with Crippen molar-refractivity contribution >= 4 is 66.2 Å². The molecule has 3 heterocycles. The fourth-order valence-electron chi connectivity index (χ4n) is 4.59. The summed E-state index contributed by atoms with van der Waals surface area (Å²) in [6, 6.07) is 9.74. The maximum atomic E-state index is 12.4. The first-order chi connectivity index (χ1) is 18.5. The van der Waals surface area contributed by atoms with Crippen LogP contribution in [0, 0.1) is 5.92 Å². The van der Waals surface area contributed by atoms with Crippen LogP contribution in [-0.4, -0.2) is 63.1 Å². The largest absolute Gasteiger partial charge is 0.427 e. The van der Waals surface area contributed by atoms with Gasteiger partial charge in [-0.1, -0.05) is 12.6 Å². The number of nitrogens with zero attached hydrogens (tertiary/aromatic N) is 5. The van der Waals surface area contributed by atoms with E-state index in [0.717, 1.165) is 61.2 Å². The quantitative estimate of drug-likeness (QED) is 0.0987. The van der Waals surface area contributed by atoms with Gasteiger partial charge in [-0.25, -0.2) is 9.97 Å². The predicted octanol–water partition coefficient (Wildman–Crippen LogP) is 4.99. The fraction of sp³-hybridized carbons (Fsp3) is 0.333. The van der Waals surface area contributed by atoms with E-state index in [-0.39, 0.29) is 11.3 Å². The summed E-state index contributed by atoms with van der Waals surface area (Å²) >= 11 is 8.82. The maximum absolute atomic E-state index is 12.4. The summed E-state index contributed by atoms with van der Waals surface area (Å²) in [5.74, 6) is 2.28. The molecule has 38 heavy (non-hydrogen) atoms. The summed E-state index contributed by atoms with van der Waals surface area (Å²) in [5, 5.41) is 3.18. The van der Waals surface area contributed by atoms with E-state index in [9.17, 15) is 4.79 Å². The molecule has 2 aliphatic rings. The molecule has 2 N–H and O–H groups in total. The number of H-pyrrole nitrogens is 1. The second kappa shape index (κ2) is 11.6. The number of aliphatic imine (C=N–C) groups is 1. The highest BCUT2D eigenvalue weighted by molar-refractivity contribution is 7.80. The number of fused-ring (bicyclic) bond motifs is 1. The monoisotopic (exact) mass is 549 g/mol. The molecule has 0 bridgehead atoms. The van der Waals surface area contributed by atoms with Crippen molar-refractivity contribution in [1.29, 1.82) is 0 Å². The summed E-state index contributed by atoms with van der Waals surface area (Å²) in [5.41, 5.74) is 4.12. The van der Waals surface area contributed by atoms with E-state index in [1.165, 1.54) is 0 Å². The summed E-state index contributed by atoms with van der Waals surface area (Å²) in [4.78, 5) is 33.5. The number of nitrogens with one attached hydrogen (secondary N) is 2. The van der Waals surface area contributed by atoms with Crippen LogP contribution in [-0.2, 0) is 8.98 Å². The molecule has 1 aliphatic heterocycles. The van der Waals surface area contributed by atoms with Gasteiger partial charge in [0, 0.05) is 63.0 Å². The van der Waals surface area contributed by atoms with Gasteiger partial charge in [-0.15, -0.1) is 0 Å². The molecule has 1 amide bonds. The zero-order chi connectivity index (χ0) is 26.6. The van der Waals surface area contributed by atoms with Crippen LogP contribution >= 0.6 is 25.5 Å². The molecule has 5 rings (SSSR count). The molecule has 1 atom stereocenters. The SMILES string of the molecule is C=C/C(OS)=C(\N=CC)c1ccc2nc(Nc3cc(C(S)N4CCN(C(=O)C5CC5)CC4)ccn3)[nH]c2c1. The first-order valence-corrected chi connectivity index (χ1v) is 13.5. The van der Waals surface area contributed by atoms with Gasteiger partial charge >= 0.3 is 0 Å². The van der Waals surface area contributed by atoms with Crippen LogP contribution in [0.25, 0.3) is 16.7 Å². The Balaban J connectivity index is 1.29. The van der Waals surface area contributed by atoms with E-state index >= 15 is 0 Å². The predicted molar refractivity (Wildman–Crippen MR) is 158 cm³/mol. The first-order valence-electron chi connectivity index (χ1n) is 12.6. The van der Waals surface area contributed by atoms with E-state index in [1.54, 1.807) is 18.5 Å². The number of aromatic amines is 1. The highest BCUT2D eigenvalue weighted by Crippen LogP contribution is 2.33. The third-order valence-electron chi connectivity index (χ3n) is 6.76. The number of aromatic nitrogens is 3. The molecular formula is C27H31N7O2S2. The number of amides is 1. The van der Waals surface area contributed by atoms with Crippen LogP contribution in [0.1, 0.15) is 36.3 Å². The van der Waals surface area contributed by atoms with Crippen molar-refractivity contribution in [2.24, 2.45) is 10.9 Å². The Labute approximate surface area is 233 Å². The normalized spacial score (nSPS) is 17.9. The lowest BCUT2D eigenvalue weighted by molar-refractivity contribution is -0.134. The van der Waals surface area contributed by atoms with Gasteiger partial charge in [0.2, 0.25) is 11.9 Å². The van der Waals surface area contributed by atoms with E-state index < -0.39 is 0 Å². The van der Waals surface area contributed by atoms with Gasteiger partial charge in [-0.3, -0.25) is 14.7 Å². The number of rotatable bonds is 9. The number of piperazine rings is 1. The number of hydrogen-bond donors (Lipinski definition) is 4. The van der Waals surface area contributed by atoms with Gasteiger partial charge < -0.3 is 19.4 Å². The average Bonchev–Trinajstić information content (AvgIpc) is 3.72. The number of benzene rings is 1. The minimum absolute atomic E-state index is 0.0904. The molecule has 2 aromatic heterocycles. The fourth-order valence-corrected chi connectivity index (χ4v) is 5.14. The summed E-state index contributed by atoms with van der Waals surface area (Å²) in [7, 11) is 0. The molecule has 11 heteroatoms. The summed E-state index contributed by atoms with van der Waals surface area (Å²) in [6.45, 7) is 8.71. The number of carbonyl (C=O) groups excluding carboxylic acids is 1. The van der Waals surface area contributed by atoms with Crippen molar-refractivity contribution in [2.75, 3.05) is 31.5 Å². The van der Waals surface area contributed by atoms with Gasteiger partial charge in [-0.2, -0.15) is 12.6 Å². The number of pyridine rings is 1. The van der Waals surface area contributed by atoms with Crippen molar-refractivity contribution in [3.05, 3.63) is 66.1 Å². The molecule has 1 saturated carbocycles. The molecule has 1 saturated heterocycles. The lowest BCUT2D eigenvalue weighted by Gasteiger charge is -2.37. The number of anilines is 2. The Hall–Kier alpha value is -3.28. The topological polar surface area (TPSA) is 98.7 Å². The zero-order valence-corrected chi connectivity index (χ0v) is 23.0. The second-order valence-corrected chi connectivity index (χ2v) is 9.99. The van der Waals surface area contributed by atoms with Crippen LogP contribution in [0.15, 0.2) is 59.9 Å². The average molecular weight is 550 g/mol. The molecule has 198 valence electrons. The van der Waals surface area contributed by atoms with E-state index in [1.807, 2.05) is 42.2 Å². The Bertz CT molecular complexity index is 1390. The first kappa shape index (κ1) is 26.3. The maximum Gasteiger partial charge on any atom is 0.225 e. The second-order valence-electron chi connectivity index (χ2n) is 9.32. The number of imidazole rings is 1. The van der Waals surface area contributed by atoms with Crippen LogP contribution in [0.5, 0.6) is 0 Å². The Morgan fingerprint density at radius 3 is 2.74 bits per heavy atom. The molecule has 9 nitrogen and oxygen atoms in total. The Kier molecular flexibility index (Phi) is 8.06. The molecule has 0 spiro atoms. The van der Waals surface area contributed by atoms with Crippen LogP contribution in [0.4, 0.5) is 11.8 Å². The summed E-state index contributed by atoms with van der Waals surface area (Å²) in [6.07, 6.45) is 7.11. The van der Waals surface area contributed by atoms with Gasteiger partial charge in [0.15, 0.2) is 5.76 Å². The van der Waals surface area contributed by atoms with Gasteiger partial charge in [0.1, 0.15) is 11.5 Å². The van der Waals surface area contributed by atoms with Crippen molar-refractivity contribution in [2.45, 2.75) is 25.1 Å². The number of hydrogen-bond acceptors (Lipinski definition) is 9. The lowest BCUT2D eigenvalue weighted by Crippen LogP contribution is -2.49. The van der Waals surface area contributed by atoms with E-state index in [0.29, 0.717) is 29.1 Å². The third kappa shape index (κ3) is 5.74.